The molecule has 0 fully saturated rings. The minimum atomic E-state index is -0.669. The van der Waals surface area contributed by atoms with Gasteiger partial charge in [0.15, 0.2) is 0 Å². The molecule has 3 aromatic rings. The summed E-state index contributed by atoms with van der Waals surface area (Å²) in [5.41, 5.74) is 4.10. The number of benzene rings is 2. The van der Waals surface area contributed by atoms with Gasteiger partial charge in [0.1, 0.15) is 16.1 Å². The van der Waals surface area contributed by atoms with Gasteiger partial charge in [0.2, 0.25) is 5.91 Å². The van der Waals surface area contributed by atoms with Crippen LogP contribution in [0.4, 0.5) is 10.7 Å². The molecule has 0 saturated heterocycles. The van der Waals surface area contributed by atoms with Crippen LogP contribution in [0.25, 0.3) is 11.1 Å². The normalized spacial score (nSPS) is 14.0. The molecule has 2 aliphatic rings. The number of nitro benzene ring substituents is 1. The first-order valence-corrected chi connectivity index (χ1v) is 14.4. The Balaban J connectivity index is 1.17. The number of imide groups is 1. The molecule has 212 valence electrons. The summed E-state index contributed by atoms with van der Waals surface area (Å²) in [6.07, 6.45) is 6.07. The molecule has 1 N–H and O–H groups in total. The number of nitro groups is 1. The van der Waals surface area contributed by atoms with E-state index in [4.69, 9.17) is 4.74 Å². The number of carbonyl (C=O) groups is 4. The quantitative estimate of drug-likeness (QED) is 0.106. The number of carbonyl (C=O) groups excluding carboxylic acids is 4. The molecular formula is C30H29N3O7S. The number of hydrogen-bond donors (Lipinski definition) is 1. The number of ether oxygens (including phenoxy) is 1. The first kappa shape index (κ1) is 28.2. The Morgan fingerprint density at radius 1 is 1.02 bits per heavy atom. The Morgan fingerprint density at radius 2 is 1.80 bits per heavy atom. The molecule has 0 radical (unpaired) electrons. The van der Waals surface area contributed by atoms with E-state index in [1.807, 2.05) is 11.4 Å². The van der Waals surface area contributed by atoms with Crippen LogP contribution < -0.4 is 5.32 Å². The maximum Gasteiger partial charge on any atom is 0.341 e. The highest BCUT2D eigenvalue weighted by atomic mass is 32.1. The Hall–Kier alpha value is -4.38. The molecule has 1 aliphatic carbocycles. The second kappa shape index (κ2) is 12.0. The van der Waals surface area contributed by atoms with Gasteiger partial charge in [0, 0.05) is 30.0 Å². The third kappa shape index (κ3) is 5.62. The van der Waals surface area contributed by atoms with Crippen molar-refractivity contribution in [2.75, 3.05) is 19.0 Å². The Kier molecular flexibility index (Phi) is 8.25. The fraction of sp³-hybridized carbons (Fsp3) is 0.333. The maximum absolute atomic E-state index is 12.7. The Bertz CT molecular complexity index is 1560. The monoisotopic (exact) mass is 575 g/mol. The van der Waals surface area contributed by atoms with Gasteiger partial charge in [-0.2, -0.15) is 0 Å². The number of aryl methyl sites for hydroxylation is 2. The number of unbranched alkanes of at least 4 members (excludes halogenated alkanes) is 2. The van der Waals surface area contributed by atoms with Crippen molar-refractivity contribution >= 4 is 45.7 Å². The summed E-state index contributed by atoms with van der Waals surface area (Å²) in [5, 5.41) is 16.4. The van der Waals surface area contributed by atoms with Gasteiger partial charge >= 0.3 is 5.97 Å². The van der Waals surface area contributed by atoms with Crippen LogP contribution in [0.5, 0.6) is 0 Å². The van der Waals surface area contributed by atoms with Gasteiger partial charge in [-0.05, 0) is 61.3 Å². The van der Waals surface area contributed by atoms with Crippen LogP contribution in [0.15, 0.2) is 41.8 Å². The number of nitrogens with one attached hydrogen (secondary N) is 1. The summed E-state index contributed by atoms with van der Waals surface area (Å²) in [4.78, 5) is 62.4. The van der Waals surface area contributed by atoms with Crippen molar-refractivity contribution in [2.24, 2.45) is 0 Å². The number of amides is 3. The summed E-state index contributed by atoms with van der Waals surface area (Å²) in [6.45, 7) is 0.104. The van der Waals surface area contributed by atoms with Crippen LogP contribution in [0.3, 0.4) is 0 Å². The third-order valence-corrected chi connectivity index (χ3v) is 8.45. The lowest BCUT2D eigenvalue weighted by atomic mass is 9.89. The van der Waals surface area contributed by atoms with Crippen molar-refractivity contribution in [1.29, 1.82) is 0 Å². The van der Waals surface area contributed by atoms with Crippen LogP contribution in [0.2, 0.25) is 0 Å². The Labute approximate surface area is 240 Å². The van der Waals surface area contributed by atoms with Gasteiger partial charge in [-0.1, -0.05) is 30.7 Å². The van der Waals surface area contributed by atoms with Crippen LogP contribution >= 0.6 is 11.3 Å². The van der Waals surface area contributed by atoms with Gasteiger partial charge in [-0.25, -0.2) is 4.79 Å². The lowest BCUT2D eigenvalue weighted by Crippen LogP contribution is -2.30. The second-order valence-corrected chi connectivity index (χ2v) is 11.0. The molecule has 2 heterocycles. The van der Waals surface area contributed by atoms with E-state index in [2.05, 4.69) is 17.4 Å². The summed E-state index contributed by atoms with van der Waals surface area (Å²) in [7, 11) is 1.31. The molecular weight excluding hydrogens is 546 g/mol. The van der Waals surface area contributed by atoms with Crippen molar-refractivity contribution in [1.82, 2.24) is 4.90 Å². The molecule has 41 heavy (non-hydrogen) atoms. The standard InChI is InChI=1S/C30H29N3O7S/c1-40-30(37)26-22(20-14-13-18-8-4-5-9-19(18)16-20)17-41-27(26)31-24(34)12-3-2-6-15-32-28(35)21-10-7-11-23(33(38)39)25(21)29(32)36/h7,10-11,13-14,16-17H,2-6,8-9,12,15H2,1H3,(H,31,34). The molecule has 0 atom stereocenters. The van der Waals surface area contributed by atoms with Crippen molar-refractivity contribution in [2.45, 2.75) is 51.4 Å². The Morgan fingerprint density at radius 3 is 2.56 bits per heavy atom. The minimum absolute atomic E-state index is 0.0377. The first-order chi connectivity index (χ1) is 19.8. The highest BCUT2D eigenvalue weighted by molar-refractivity contribution is 7.15. The number of fused-ring (bicyclic) bond motifs is 2. The summed E-state index contributed by atoms with van der Waals surface area (Å²) >= 11 is 1.28. The molecule has 11 heteroatoms. The SMILES string of the molecule is COC(=O)c1c(-c2ccc3c(c2)CCCC3)csc1NC(=O)CCCCCN1C(=O)c2cccc([N+](=O)[O-])c2C1=O. The molecule has 0 bridgehead atoms. The van der Waals surface area contributed by atoms with E-state index >= 15 is 0 Å². The van der Waals surface area contributed by atoms with E-state index in [1.165, 1.54) is 54.2 Å². The maximum atomic E-state index is 12.7. The van der Waals surface area contributed by atoms with Crippen molar-refractivity contribution < 1.29 is 28.8 Å². The average molecular weight is 576 g/mol. The first-order valence-electron chi connectivity index (χ1n) is 13.6. The predicted octanol–water partition coefficient (Wildman–Crippen LogP) is 5.78. The largest absolute Gasteiger partial charge is 0.465 e. The van der Waals surface area contributed by atoms with Gasteiger partial charge in [0.05, 0.1) is 17.6 Å². The summed E-state index contributed by atoms with van der Waals surface area (Å²) in [6, 6.07) is 10.3. The number of hydrogen-bond acceptors (Lipinski definition) is 8. The second-order valence-electron chi connectivity index (χ2n) is 10.1. The fourth-order valence-corrected chi connectivity index (χ4v) is 6.43. The number of anilines is 1. The van der Waals surface area contributed by atoms with E-state index in [0.29, 0.717) is 29.8 Å². The molecule has 3 amide bonds. The minimum Gasteiger partial charge on any atom is -0.465 e. The zero-order valence-corrected chi connectivity index (χ0v) is 23.4. The number of nitrogens with zero attached hydrogens (tertiary/aromatic N) is 2. The smallest absolute Gasteiger partial charge is 0.341 e. The van der Waals surface area contributed by atoms with Gasteiger partial charge in [-0.15, -0.1) is 11.3 Å². The summed E-state index contributed by atoms with van der Waals surface area (Å²) in [5.74, 6) is -1.99. The number of thiophene rings is 1. The lowest BCUT2D eigenvalue weighted by molar-refractivity contribution is -0.385. The van der Waals surface area contributed by atoms with E-state index in [-0.39, 0.29) is 35.7 Å². The zero-order valence-electron chi connectivity index (χ0n) is 22.6. The average Bonchev–Trinajstić information content (AvgIpc) is 3.50. The highest BCUT2D eigenvalue weighted by Crippen LogP contribution is 2.38. The number of rotatable bonds is 10. The topological polar surface area (TPSA) is 136 Å². The number of esters is 1. The molecule has 10 nitrogen and oxygen atoms in total. The van der Waals surface area contributed by atoms with E-state index in [9.17, 15) is 29.3 Å². The fourth-order valence-electron chi connectivity index (χ4n) is 5.46. The number of methoxy groups -OCH3 is 1. The van der Waals surface area contributed by atoms with Crippen molar-refractivity contribution in [3.05, 3.63) is 79.7 Å². The lowest BCUT2D eigenvalue weighted by Gasteiger charge is -2.16. The molecule has 0 spiro atoms. The molecule has 0 unspecified atom stereocenters. The van der Waals surface area contributed by atoms with Crippen LogP contribution in [-0.2, 0) is 22.4 Å². The van der Waals surface area contributed by atoms with Crippen molar-refractivity contribution in [3.8, 4) is 11.1 Å². The molecule has 1 aromatic heterocycles. The molecule has 2 aromatic carbocycles. The van der Waals surface area contributed by atoms with Crippen LogP contribution in [0.1, 0.15) is 80.7 Å². The molecule has 5 rings (SSSR count). The van der Waals surface area contributed by atoms with E-state index in [1.54, 1.807) is 0 Å². The van der Waals surface area contributed by atoms with E-state index in [0.717, 1.165) is 35.3 Å². The van der Waals surface area contributed by atoms with Crippen LogP contribution in [0, 0.1) is 10.1 Å². The zero-order chi connectivity index (χ0) is 29.1. The third-order valence-electron chi connectivity index (χ3n) is 7.55. The van der Waals surface area contributed by atoms with Gasteiger partial charge < -0.3 is 10.1 Å². The van der Waals surface area contributed by atoms with Gasteiger partial charge in [-0.3, -0.25) is 29.4 Å². The molecule has 0 saturated carbocycles. The van der Waals surface area contributed by atoms with E-state index < -0.39 is 22.7 Å². The van der Waals surface area contributed by atoms with Crippen molar-refractivity contribution in [3.63, 3.8) is 0 Å². The summed E-state index contributed by atoms with van der Waals surface area (Å²) < 4.78 is 5.03. The van der Waals surface area contributed by atoms with Crippen LogP contribution in [-0.4, -0.2) is 47.2 Å². The molecule has 1 aliphatic heterocycles. The predicted molar refractivity (Wildman–Crippen MR) is 153 cm³/mol. The van der Waals surface area contributed by atoms with Gasteiger partial charge in [0.25, 0.3) is 17.5 Å². The highest BCUT2D eigenvalue weighted by Gasteiger charge is 2.40.